The number of thioether (sulfide) groups is 1. The Hall–Kier alpha value is -3.28. The van der Waals surface area contributed by atoms with E-state index in [9.17, 15) is 31.1 Å². The number of alkyl halides is 6. The summed E-state index contributed by atoms with van der Waals surface area (Å²) >= 11 is 1.30. The molecule has 0 radical (unpaired) electrons. The zero-order valence-corrected chi connectivity index (χ0v) is 18.6. The number of hydrogen-bond donors (Lipinski definition) is 0. The number of aliphatic imine (C=N–C) groups is 1. The van der Waals surface area contributed by atoms with Gasteiger partial charge in [-0.1, -0.05) is 12.1 Å². The molecule has 1 aromatic heterocycles. The first-order valence-electron chi connectivity index (χ1n) is 10.5. The van der Waals surface area contributed by atoms with Crippen molar-refractivity contribution in [3.63, 3.8) is 0 Å². The fourth-order valence-electron chi connectivity index (χ4n) is 3.83. The number of halogens is 6. The molecule has 5 rings (SSSR count). The summed E-state index contributed by atoms with van der Waals surface area (Å²) in [5, 5.41) is 5.42. The van der Waals surface area contributed by atoms with E-state index in [1.807, 2.05) is 4.90 Å². The SMILES string of the molecule is O=C1N=C(N2CCC2)S/C1=C\c1ccc2c(cnn2Cc2ccc(C(F)(F)F)cc2C(F)(F)F)c1. The Balaban J connectivity index is 1.41. The highest BCUT2D eigenvalue weighted by molar-refractivity contribution is 8.18. The van der Waals surface area contributed by atoms with Gasteiger partial charge in [0.15, 0.2) is 5.17 Å². The van der Waals surface area contributed by atoms with Crippen molar-refractivity contribution in [2.75, 3.05) is 13.1 Å². The number of fused-ring (bicyclic) bond motifs is 1. The summed E-state index contributed by atoms with van der Waals surface area (Å²) in [5.41, 5.74) is -1.85. The van der Waals surface area contributed by atoms with Crippen LogP contribution in [0.5, 0.6) is 0 Å². The highest BCUT2D eigenvalue weighted by Crippen LogP contribution is 2.38. The zero-order chi connectivity index (χ0) is 25.0. The molecular weight excluding hydrogens is 494 g/mol. The molecule has 12 heteroatoms. The van der Waals surface area contributed by atoms with Gasteiger partial charge in [0.05, 0.1) is 34.3 Å². The molecule has 5 nitrogen and oxygen atoms in total. The first kappa shape index (κ1) is 23.5. The van der Waals surface area contributed by atoms with Crippen molar-refractivity contribution in [1.82, 2.24) is 14.7 Å². The van der Waals surface area contributed by atoms with E-state index in [1.165, 1.54) is 22.6 Å². The van der Waals surface area contributed by atoms with Gasteiger partial charge in [0.25, 0.3) is 5.91 Å². The number of carbonyl (C=O) groups is 1. The van der Waals surface area contributed by atoms with E-state index in [4.69, 9.17) is 0 Å². The van der Waals surface area contributed by atoms with Crippen molar-refractivity contribution in [2.24, 2.45) is 4.99 Å². The number of amidine groups is 1. The van der Waals surface area contributed by atoms with E-state index in [1.54, 1.807) is 24.3 Å². The van der Waals surface area contributed by atoms with Crippen molar-refractivity contribution in [3.05, 3.63) is 69.8 Å². The first-order valence-corrected chi connectivity index (χ1v) is 11.3. The molecule has 0 spiro atoms. The van der Waals surface area contributed by atoms with Crippen LogP contribution in [-0.4, -0.2) is 38.8 Å². The Morgan fingerprint density at radius 3 is 2.43 bits per heavy atom. The predicted octanol–water partition coefficient (Wildman–Crippen LogP) is 5.80. The van der Waals surface area contributed by atoms with Crippen LogP contribution < -0.4 is 0 Å². The van der Waals surface area contributed by atoms with E-state index >= 15 is 0 Å². The monoisotopic (exact) mass is 510 g/mol. The quantitative estimate of drug-likeness (QED) is 0.330. The van der Waals surface area contributed by atoms with Gasteiger partial charge in [-0.2, -0.15) is 36.4 Å². The minimum atomic E-state index is -4.96. The molecular formula is C23H16F6N4OS. The summed E-state index contributed by atoms with van der Waals surface area (Å²) in [7, 11) is 0. The van der Waals surface area contributed by atoms with Crippen LogP contribution in [0, 0.1) is 0 Å². The molecule has 0 saturated carbocycles. The lowest BCUT2D eigenvalue weighted by molar-refractivity contribution is -0.143. The number of aromatic nitrogens is 2. The summed E-state index contributed by atoms with van der Waals surface area (Å²) in [6.45, 7) is 1.37. The van der Waals surface area contributed by atoms with Crippen LogP contribution in [0.15, 0.2) is 52.5 Å². The Kier molecular flexibility index (Phi) is 5.65. The van der Waals surface area contributed by atoms with E-state index < -0.39 is 23.5 Å². The van der Waals surface area contributed by atoms with Gasteiger partial charge >= 0.3 is 12.4 Å². The fraction of sp³-hybridized carbons (Fsp3) is 0.261. The average Bonchev–Trinajstić information content (AvgIpc) is 3.28. The van der Waals surface area contributed by atoms with Crippen molar-refractivity contribution in [2.45, 2.75) is 25.3 Å². The minimum Gasteiger partial charge on any atom is -0.351 e. The normalized spacial score (nSPS) is 17.9. The fourth-order valence-corrected chi connectivity index (χ4v) is 4.79. The second-order valence-corrected chi connectivity index (χ2v) is 9.15. The van der Waals surface area contributed by atoms with Crippen molar-refractivity contribution in [1.29, 1.82) is 0 Å². The first-order chi connectivity index (χ1) is 16.5. The third-order valence-corrected chi connectivity index (χ3v) is 6.81. The number of rotatable bonds is 3. The summed E-state index contributed by atoms with van der Waals surface area (Å²) in [6, 6.07) is 6.66. The maximum absolute atomic E-state index is 13.5. The molecule has 0 aliphatic carbocycles. The summed E-state index contributed by atoms with van der Waals surface area (Å²) in [4.78, 5) is 18.8. The molecule has 35 heavy (non-hydrogen) atoms. The van der Waals surface area contributed by atoms with Gasteiger partial charge in [0.2, 0.25) is 0 Å². The molecule has 0 atom stereocenters. The minimum absolute atomic E-state index is 0.123. The van der Waals surface area contributed by atoms with Crippen LogP contribution in [0.25, 0.3) is 17.0 Å². The molecule has 2 aromatic carbocycles. The molecule has 0 bridgehead atoms. The van der Waals surface area contributed by atoms with Crippen LogP contribution in [0.3, 0.4) is 0 Å². The molecule has 182 valence electrons. The number of amides is 1. The van der Waals surface area contributed by atoms with Crippen molar-refractivity contribution in [3.8, 4) is 0 Å². The van der Waals surface area contributed by atoms with Gasteiger partial charge in [0.1, 0.15) is 0 Å². The molecule has 1 amide bonds. The molecule has 0 unspecified atom stereocenters. The molecule has 2 aliphatic heterocycles. The maximum Gasteiger partial charge on any atom is 0.416 e. The van der Waals surface area contributed by atoms with Gasteiger partial charge in [-0.15, -0.1) is 0 Å². The number of hydrogen-bond acceptors (Lipinski definition) is 4. The third kappa shape index (κ3) is 4.66. The summed E-state index contributed by atoms with van der Waals surface area (Å²) in [5.74, 6) is -0.324. The number of carbonyl (C=O) groups excluding carboxylic acids is 1. The lowest BCUT2D eigenvalue weighted by Crippen LogP contribution is -2.39. The lowest BCUT2D eigenvalue weighted by Gasteiger charge is -2.31. The van der Waals surface area contributed by atoms with E-state index in [0.29, 0.717) is 32.6 Å². The Bertz CT molecular complexity index is 1380. The van der Waals surface area contributed by atoms with Crippen molar-refractivity contribution >= 4 is 39.8 Å². The Morgan fingerprint density at radius 2 is 1.77 bits per heavy atom. The number of nitrogens with zero attached hydrogens (tertiary/aromatic N) is 4. The average molecular weight is 510 g/mol. The molecule has 3 heterocycles. The molecule has 1 saturated heterocycles. The van der Waals surface area contributed by atoms with Crippen LogP contribution in [0.2, 0.25) is 0 Å². The molecule has 2 aliphatic rings. The van der Waals surface area contributed by atoms with Gasteiger partial charge in [0, 0.05) is 18.5 Å². The standard InChI is InChI=1S/C23H16F6N4OS/c24-22(25,26)16-4-3-14(17(10-16)23(27,28)29)12-33-18-5-2-13(8-15(18)11-30-33)9-19-20(34)31-21(35-19)32-6-1-7-32/h2-5,8-11H,1,6-7,12H2/b19-9-. The smallest absolute Gasteiger partial charge is 0.351 e. The highest BCUT2D eigenvalue weighted by Gasteiger charge is 2.38. The van der Waals surface area contributed by atoms with Gasteiger partial charge in [-0.25, -0.2) is 0 Å². The second kappa shape index (κ2) is 8.43. The number of likely N-dealkylation sites (tertiary alicyclic amines) is 1. The highest BCUT2D eigenvalue weighted by atomic mass is 32.2. The van der Waals surface area contributed by atoms with Crippen LogP contribution in [0.1, 0.15) is 28.7 Å². The molecule has 3 aromatic rings. The van der Waals surface area contributed by atoms with Crippen LogP contribution in [0.4, 0.5) is 26.3 Å². The van der Waals surface area contributed by atoms with Crippen molar-refractivity contribution < 1.29 is 31.1 Å². The van der Waals surface area contributed by atoms with Crippen LogP contribution >= 0.6 is 11.8 Å². The topological polar surface area (TPSA) is 50.5 Å². The number of benzene rings is 2. The third-order valence-electron chi connectivity index (χ3n) is 5.76. The zero-order valence-electron chi connectivity index (χ0n) is 17.8. The Morgan fingerprint density at radius 1 is 1.00 bits per heavy atom. The molecule has 0 N–H and O–H groups in total. The predicted molar refractivity (Wildman–Crippen MR) is 119 cm³/mol. The van der Waals surface area contributed by atoms with Crippen LogP contribution in [-0.2, 0) is 23.7 Å². The lowest BCUT2D eigenvalue weighted by atomic mass is 10.0. The largest absolute Gasteiger partial charge is 0.416 e. The van der Waals surface area contributed by atoms with Gasteiger partial charge < -0.3 is 4.90 Å². The van der Waals surface area contributed by atoms with E-state index in [2.05, 4.69) is 10.1 Å². The summed E-state index contributed by atoms with van der Waals surface area (Å²) < 4.78 is 80.6. The molecule has 1 fully saturated rings. The van der Waals surface area contributed by atoms with Gasteiger partial charge in [-0.05, 0) is 59.7 Å². The Labute approximate surface area is 199 Å². The second-order valence-electron chi connectivity index (χ2n) is 8.14. The van der Waals surface area contributed by atoms with E-state index in [0.717, 1.165) is 25.6 Å². The van der Waals surface area contributed by atoms with Gasteiger partial charge in [-0.3, -0.25) is 9.48 Å². The summed E-state index contributed by atoms with van der Waals surface area (Å²) in [6.07, 6.45) is -5.63. The van der Waals surface area contributed by atoms with E-state index in [-0.39, 0.29) is 24.1 Å². The maximum atomic E-state index is 13.5.